The Labute approximate surface area is 166 Å². The maximum Gasteiger partial charge on any atom is 0.257 e. The van der Waals surface area contributed by atoms with Crippen molar-refractivity contribution in [2.45, 2.75) is 13.3 Å². The molecule has 28 heavy (non-hydrogen) atoms. The summed E-state index contributed by atoms with van der Waals surface area (Å²) in [4.78, 5) is 19.6. The van der Waals surface area contributed by atoms with Crippen LogP contribution < -0.4 is 10.6 Å². The molecule has 1 fully saturated rings. The number of morpholine rings is 1. The Bertz CT molecular complexity index is 786. The molecule has 0 atom stereocenters. The van der Waals surface area contributed by atoms with Crippen molar-refractivity contribution >= 4 is 17.6 Å². The lowest BCUT2D eigenvalue weighted by atomic mass is 10.1. The summed E-state index contributed by atoms with van der Waals surface area (Å²) in [6.07, 6.45) is 0.900. The fourth-order valence-electron chi connectivity index (χ4n) is 3.09. The second-order valence-corrected chi connectivity index (χ2v) is 6.64. The van der Waals surface area contributed by atoms with E-state index in [2.05, 4.69) is 33.5 Å². The molecule has 0 spiro atoms. The standard InChI is InChI=1S/C22H28N4O2/c1-2-18-8-6-7-11-20(18)24-22(23-12-13-26-14-16-28-17-15-26)25-21(27)19-9-4-3-5-10-19/h3-11H,2,12-17H2,1H3,(H2,23,24,25,27). The first-order valence-electron chi connectivity index (χ1n) is 9.82. The van der Waals surface area contributed by atoms with Crippen LogP contribution in [0.2, 0.25) is 0 Å². The molecule has 0 aliphatic carbocycles. The maximum absolute atomic E-state index is 12.6. The summed E-state index contributed by atoms with van der Waals surface area (Å²) in [5.74, 6) is 0.301. The van der Waals surface area contributed by atoms with Gasteiger partial charge in [-0.1, -0.05) is 43.3 Å². The molecule has 0 saturated carbocycles. The van der Waals surface area contributed by atoms with Gasteiger partial charge in [-0.15, -0.1) is 0 Å². The number of ether oxygens (including phenoxy) is 1. The van der Waals surface area contributed by atoms with Crippen LogP contribution in [0.3, 0.4) is 0 Å². The van der Waals surface area contributed by atoms with Crippen LogP contribution in [0.5, 0.6) is 0 Å². The van der Waals surface area contributed by atoms with Crippen molar-refractivity contribution in [1.82, 2.24) is 10.2 Å². The van der Waals surface area contributed by atoms with Crippen LogP contribution in [-0.4, -0.2) is 56.2 Å². The van der Waals surface area contributed by atoms with Crippen molar-refractivity contribution in [2.24, 2.45) is 4.99 Å². The molecule has 0 aromatic heterocycles. The number of aryl methyl sites for hydroxylation is 1. The van der Waals surface area contributed by atoms with Crippen molar-refractivity contribution < 1.29 is 9.53 Å². The van der Waals surface area contributed by atoms with Crippen LogP contribution >= 0.6 is 0 Å². The first-order chi connectivity index (χ1) is 13.8. The van der Waals surface area contributed by atoms with Gasteiger partial charge in [0.25, 0.3) is 5.91 Å². The first kappa shape index (κ1) is 20.0. The van der Waals surface area contributed by atoms with E-state index in [4.69, 9.17) is 4.74 Å². The molecule has 1 aliphatic heterocycles. The molecule has 0 unspecified atom stereocenters. The van der Waals surface area contributed by atoms with E-state index in [1.54, 1.807) is 12.1 Å². The third-order valence-electron chi connectivity index (χ3n) is 4.71. The minimum atomic E-state index is -0.174. The highest BCUT2D eigenvalue weighted by molar-refractivity contribution is 6.10. The van der Waals surface area contributed by atoms with Gasteiger partial charge in [-0.05, 0) is 30.2 Å². The van der Waals surface area contributed by atoms with Crippen molar-refractivity contribution in [3.8, 4) is 0 Å². The van der Waals surface area contributed by atoms with Crippen molar-refractivity contribution in [3.05, 3.63) is 65.7 Å². The van der Waals surface area contributed by atoms with Crippen LogP contribution in [0.25, 0.3) is 0 Å². The topological polar surface area (TPSA) is 66.0 Å². The number of anilines is 1. The molecule has 6 nitrogen and oxygen atoms in total. The fraction of sp³-hybridized carbons (Fsp3) is 0.364. The van der Waals surface area contributed by atoms with E-state index in [0.717, 1.165) is 45.0 Å². The number of hydrogen-bond acceptors (Lipinski definition) is 4. The van der Waals surface area contributed by atoms with Crippen molar-refractivity contribution in [1.29, 1.82) is 0 Å². The summed E-state index contributed by atoms with van der Waals surface area (Å²) in [5, 5.41) is 6.24. The molecular weight excluding hydrogens is 352 g/mol. The summed E-state index contributed by atoms with van der Waals surface area (Å²) >= 11 is 0. The van der Waals surface area contributed by atoms with E-state index >= 15 is 0 Å². The summed E-state index contributed by atoms with van der Waals surface area (Å²) in [6.45, 7) is 6.93. The van der Waals surface area contributed by atoms with Gasteiger partial charge in [0.05, 0.1) is 19.8 Å². The highest BCUT2D eigenvalue weighted by Gasteiger charge is 2.12. The number of carbonyl (C=O) groups is 1. The number of amides is 1. The molecule has 0 bridgehead atoms. The van der Waals surface area contributed by atoms with Gasteiger partial charge < -0.3 is 10.1 Å². The Balaban J connectivity index is 1.70. The average molecular weight is 380 g/mol. The highest BCUT2D eigenvalue weighted by Crippen LogP contribution is 2.15. The van der Waals surface area contributed by atoms with Gasteiger partial charge in [-0.3, -0.25) is 20.0 Å². The molecular formula is C22H28N4O2. The number of hydrogen-bond donors (Lipinski definition) is 2. The normalized spacial score (nSPS) is 15.2. The van der Waals surface area contributed by atoms with Crippen LogP contribution in [0.4, 0.5) is 5.69 Å². The van der Waals surface area contributed by atoms with Gasteiger partial charge in [0, 0.05) is 30.9 Å². The smallest absolute Gasteiger partial charge is 0.257 e. The van der Waals surface area contributed by atoms with Gasteiger partial charge >= 0.3 is 0 Å². The Hall–Kier alpha value is -2.70. The molecule has 2 aromatic rings. The quantitative estimate of drug-likeness (QED) is 0.597. The zero-order valence-corrected chi connectivity index (χ0v) is 16.4. The van der Waals surface area contributed by atoms with Crippen molar-refractivity contribution in [2.75, 3.05) is 44.7 Å². The van der Waals surface area contributed by atoms with Gasteiger partial charge in [-0.2, -0.15) is 0 Å². The Kier molecular flexibility index (Phi) is 7.58. The number of benzene rings is 2. The van der Waals surface area contributed by atoms with Gasteiger partial charge in [-0.25, -0.2) is 0 Å². The predicted octanol–water partition coefficient (Wildman–Crippen LogP) is 2.78. The first-order valence-corrected chi connectivity index (χ1v) is 9.82. The summed E-state index contributed by atoms with van der Waals surface area (Å²) < 4.78 is 5.39. The maximum atomic E-state index is 12.6. The Morgan fingerprint density at radius 3 is 2.54 bits per heavy atom. The molecule has 1 heterocycles. The summed E-state index contributed by atoms with van der Waals surface area (Å²) in [5.41, 5.74) is 2.75. The number of rotatable bonds is 6. The summed E-state index contributed by atoms with van der Waals surface area (Å²) in [6, 6.07) is 17.3. The number of nitrogens with one attached hydrogen (secondary N) is 2. The zero-order valence-electron chi connectivity index (χ0n) is 16.4. The van der Waals surface area contributed by atoms with Crippen LogP contribution in [0.1, 0.15) is 22.8 Å². The van der Waals surface area contributed by atoms with E-state index in [0.29, 0.717) is 18.1 Å². The molecule has 2 aromatic carbocycles. The number of nitrogens with zero attached hydrogens (tertiary/aromatic N) is 2. The van der Waals surface area contributed by atoms with Crippen LogP contribution in [0, 0.1) is 0 Å². The molecule has 2 N–H and O–H groups in total. The molecule has 1 aliphatic rings. The minimum absolute atomic E-state index is 0.174. The molecule has 0 radical (unpaired) electrons. The SMILES string of the molecule is CCc1ccccc1NC(=NCCN1CCOCC1)NC(=O)c1ccccc1. The number of aliphatic imine (C=N–C) groups is 1. The second kappa shape index (κ2) is 10.6. The largest absolute Gasteiger partial charge is 0.379 e. The molecule has 1 saturated heterocycles. The van der Waals surface area contributed by atoms with E-state index in [9.17, 15) is 4.79 Å². The Morgan fingerprint density at radius 1 is 1.07 bits per heavy atom. The van der Waals surface area contributed by atoms with Gasteiger partial charge in [0.15, 0.2) is 0 Å². The monoisotopic (exact) mass is 380 g/mol. The van der Waals surface area contributed by atoms with E-state index in [1.807, 2.05) is 36.4 Å². The van der Waals surface area contributed by atoms with E-state index in [-0.39, 0.29) is 5.91 Å². The molecule has 148 valence electrons. The molecule has 3 rings (SSSR count). The molecule has 6 heteroatoms. The lowest BCUT2D eigenvalue weighted by Crippen LogP contribution is -2.39. The average Bonchev–Trinajstić information content (AvgIpc) is 2.75. The lowest BCUT2D eigenvalue weighted by Gasteiger charge is -2.25. The second-order valence-electron chi connectivity index (χ2n) is 6.64. The third kappa shape index (κ3) is 5.90. The van der Waals surface area contributed by atoms with E-state index < -0.39 is 0 Å². The summed E-state index contributed by atoms with van der Waals surface area (Å²) in [7, 11) is 0. The third-order valence-corrected chi connectivity index (χ3v) is 4.71. The number of carbonyl (C=O) groups excluding carboxylic acids is 1. The minimum Gasteiger partial charge on any atom is -0.379 e. The number of para-hydroxylation sites is 1. The van der Waals surface area contributed by atoms with E-state index in [1.165, 1.54) is 5.56 Å². The Morgan fingerprint density at radius 2 is 1.79 bits per heavy atom. The van der Waals surface area contributed by atoms with Crippen LogP contribution in [-0.2, 0) is 11.2 Å². The van der Waals surface area contributed by atoms with Gasteiger partial charge in [0.2, 0.25) is 5.96 Å². The molecule has 1 amide bonds. The zero-order chi connectivity index (χ0) is 19.6. The highest BCUT2D eigenvalue weighted by atomic mass is 16.5. The van der Waals surface area contributed by atoms with Crippen molar-refractivity contribution in [3.63, 3.8) is 0 Å². The van der Waals surface area contributed by atoms with Gasteiger partial charge in [0.1, 0.15) is 0 Å². The number of guanidine groups is 1. The fourth-order valence-corrected chi connectivity index (χ4v) is 3.09. The van der Waals surface area contributed by atoms with Crippen LogP contribution in [0.15, 0.2) is 59.6 Å². The predicted molar refractivity (Wildman–Crippen MR) is 113 cm³/mol. The lowest BCUT2D eigenvalue weighted by molar-refractivity contribution is 0.0394.